The van der Waals surface area contributed by atoms with Gasteiger partial charge in [0.15, 0.2) is 0 Å². The van der Waals surface area contributed by atoms with Crippen LogP contribution in [0.5, 0.6) is 11.5 Å². The quantitative estimate of drug-likeness (QED) is 0.652. The van der Waals surface area contributed by atoms with E-state index in [0.717, 1.165) is 43.2 Å². The zero-order valence-corrected chi connectivity index (χ0v) is 15.7. The molecule has 0 amide bonds. The molecule has 1 atom stereocenters. The molecule has 4 nitrogen and oxygen atoms in total. The second-order valence-corrected chi connectivity index (χ2v) is 6.97. The molecule has 1 heterocycles. The summed E-state index contributed by atoms with van der Waals surface area (Å²) >= 11 is 0. The van der Waals surface area contributed by atoms with Gasteiger partial charge in [-0.05, 0) is 60.7 Å². The second-order valence-electron chi connectivity index (χ2n) is 6.97. The summed E-state index contributed by atoms with van der Waals surface area (Å²) in [7, 11) is 0. The normalized spacial score (nSPS) is 16.7. The molecule has 0 radical (unpaired) electrons. The molecule has 1 aliphatic rings. The third kappa shape index (κ3) is 5.67. The number of rotatable bonds is 9. The van der Waals surface area contributed by atoms with Crippen LogP contribution in [0.2, 0.25) is 0 Å². The maximum atomic E-state index is 5.78. The van der Waals surface area contributed by atoms with Crippen molar-refractivity contribution in [2.24, 2.45) is 0 Å². The number of ether oxygens (including phenoxy) is 3. The smallest absolute Gasteiger partial charge is 0.119 e. The lowest BCUT2D eigenvalue weighted by Gasteiger charge is -2.12. The van der Waals surface area contributed by atoms with E-state index in [0.29, 0.717) is 19.1 Å². The fourth-order valence-electron chi connectivity index (χ4n) is 2.95. The fraction of sp³-hybridized carbons (Fsp3) is 0.455. The molecule has 1 N–H and O–H groups in total. The average molecular weight is 355 g/mol. The summed E-state index contributed by atoms with van der Waals surface area (Å²) < 4.78 is 17.1. The lowest BCUT2D eigenvalue weighted by molar-refractivity contribution is 0.0679. The minimum atomic E-state index is 0.250. The largest absolute Gasteiger partial charge is 0.492 e. The van der Waals surface area contributed by atoms with Gasteiger partial charge in [-0.2, -0.15) is 0 Å². The standard InChI is InChI=1S/C22H29NO3/c1-17(2)18-5-9-20(10-6-18)25-15-13-23-19-7-11-21(12-8-19)26-16-22-4-3-14-24-22/h5-12,17,22-23H,3-4,13-16H2,1-2H3. The summed E-state index contributed by atoms with van der Waals surface area (Å²) in [6.45, 7) is 7.26. The molecular formula is C22H29NO3. The van der Waals surface area contributed by atoms with Crippen molar-refractivity contribution in [3.05, 3.63) is 54.1 Å². The maximum Gasteiger partial charge on any atom is 0.119 e. The van der Waals surface area contributed by atoms with Gasteiger partial charge in [0.05, 0.1) is 6.10 Å². The second kappa shape index (κ2) is 9.48. The van der Waals surface area contributed by atoms with E-state index in [4.69, 9.17) is 14.2 Å². The third-order valence-corrected chi connectivity index (χ3v) is 4.56. The van der Waals surface area contributed by atoms with E-state index in [1.165, 1.54) is 5.56 Å². The first-order valence-electron chi connectivity index (χ1n) is 9.52. The van der Waals surface area contributed by atoms with Gasteiger partial charge >= 0.3 is 0 Å². The van der Waals surface area contributed by atoms with Crippen LogP contribution in [-0.2, 0) is 4.74 Å². The van der Waals surface area contributed by atoms with Gasteiger partial charge in [0, 0.05) is 18.8 Å². The van der Waals surface area contributed by atoms with Gasteiger partial charge in [-0.1, -0.05) is 26.0 Å². The van der Waals surface area contributed by atoms with Crippen molar-refractivity contribution in [1.29, 1.82) is 0 Å². The van der Waals surface area contributed by atoms with Gasteiger partial charge in [-0.15, -0.1) is 0 Å². The predicted octanol–water partition coefficient (Wildman–Crippen LogP) is 4.86. The topological polar surface area (TPSA) is 39.7 Å². The first kappa shape index (κ1) is 18.6. The molecule has 140 valence electrons. The van der Waals surface area contributed by atoms with Crippen LogP contribution in [0.15, 0.2) is 48.5 Å². The van der Waals surface area contributed by atoms with Crippen LogP contribution in [0, 0.1) is 0 Å². The van der Waals surface area contributed by atoms with E-state index in [2.05, 4.69) is 31.3 Å². The number of hydrogen-bond donors (Lipinski definition) is 1. The van der Waals surface area contributed by atoms with Crippen LogP contribution in [0.4, 0.5) is 5.69 Å². The molecule has 0 spiro atoms. The molecule has 1 fully saturated rings. The fourth-order valence-corrected chi connectivity index (χ4v) is 2.95. The Morgan fingerprint density at radius 1 is 1.00 bits per heavy atom. The Bertz CT molecular complexity index is 646. The molecule has 26 heavy (non-hydrogen) atoms. The third-order valence-electron chi connectivity index (χ3n) is 4.56. The highest BCUT2D eigenvalue weighted by Gasteiger charge is 2.15. The Hall–Kier alpha value is -2.20. The summed E-state index contributed by atoms with van der Waals surface area (Å²) in [5, 5.41) is 3.36. The van der Waals surface area contributed by atoms with Crippen LogP contribution in [-0.4, -0.2) is 32.5 Å². The average Bonchev–Trinajstić information content (AvgIpc) is 3.18. The van der Waals surface area contributed by atoms with Crippen molar-refractivity contribution >= 4 is 5.69 Å². The number of hydrogen-bond acceptors (Lipinski definition) is 4. The van der Waals surface area contributed by atoms with E-state index in [1.54, 1.807) is 0 Å². The molecule has 0 aliphatic carbocycles. The highest BCUT2D eigenvalue weighted by molar-refractivity contribution is 5.46. The highest BCUT2D eigenvalue weighted by atomic mass is 16.5. The van der Waals surface area contributed by atoms with Crippen molar-refractivity contribution in [1.82, 2.24) is 0 Å². The summed E-state index contributed by atoms with van der Waals surface area (Å²) in [4.78, 5) is 0. The Morgan fingerprint density at radius 3 is 2.35 bits per heavy atom. The van der Waals surface area contributed by atoms with Crippen molar-refractivity contribution in [3.63, 3.8) is 0 Å². The molecule has 0 saturated carbocycles. The minimum absolute atomic E-state index is 0.250. The Labute approximate surface area is 156 Å². The molecule has 4 heteroatoms. The predicted molar refractivity (Wildman–Crippen MR) is 105 cm³/mol. The van der Waals surface area contributed by atoms with Gasteiger partial charge in [0.25, 0.3) is 0 Å². The van der Waals surface area contributed by atoms with E-state index in [1.807, 2.05) is 36.4 Å². The summed E-state index contributed by atoms with van der Waals surface area (Å²) in [6, 6.07) is 16.4. The van der Waals surface area contributed by atoms with Crippen molar-refractivity contribution in [2.75, 3.05) is 31.7 Å². The summed E-state index contributed by atoms with van der Waals surface area (Å²) in [6.07, 6.45) is 2.49. The first-order chi connectivity index (χ1) is 12.7. The van der Waals surface area contributed by atoms with E-state index in [9.17, 15) is 0 Å². The zero-order chi connectivity index (χ0) is 18.2. The molecule has 1 unspecified atom stereocenters. The van der Waals surface area contributed by atoms with E-state index in [-0.39, 0.29) is 6.10 Å². The maximum absolute atomic E-state index is 5.78. The highest BCUT2D eigenvalue weighted by Crippen LogP contribution is 2.20. The zero-order valence-electron chi connectivity index (χ0n) is 15.7. The molecule has 1 saturated heterocycles. The first-order valence-corrected chi connectivity index (χ1v) is 9.52. The minimum Gasteiger partial charge on any atom is -0.492 e. The lowest BCUT2D eigenvalue weighted by atomic mass is 10.0. The van der Waals surface area contributed by atoms with Crippen LogP contribution < -0.4 is 14.8 Å². The van der Waals surface area contributed by atoms with Crippen LogP contribution >= 0.6 is 0 Å². The Kier molecular flexibility index (Phi) is 6.78. The molecule has 1 aliphatic heterocycles. The molecular weight excluding hydrogens is 326 g/mol. The Balaban J connectivity index is 1.35. The monoisotopic (exact) mass is 355 g/mol. The number of nitrogens with one attached hydrogen (secondary N) is 1. The molecule has 0 aromatic heterocycles. The van der Waals surface area contributed by atoms with Gasteiger partial charge < -0.3 is 19.5 Å². The van der Waals surface area contributed by atoms with Gasteiger partial charge in [-0.3, -0.25) is 0 Å². The molecule has 3 rings (SSSR count). The van der Waals surface area contributed by atoms with E-state index < -0.39 is 0 Å². The lowest BCUT2D eigenvalue weighted by Crippen LogP contribution is -2.16. The molecule has 2 aromatic rings. The van der Waals surface area contributed by atoms with Crippen LogP contribution in [0.1, 0.15) is 38.2 Å². The summed E-state index contributed by atoms with van der Waals surface area (Å²) in [5.74, 6) is 2.34. The number of anilines is 1. The van der Waals surface area contributed by atoms with Gasteiger partial charge in [0.2, 0.25) is 0 Å². The van der Waals surface area contributed by atoms with E-state index >= 15 is 0 Å². The Morgan fingerprint density at radius 2 is 1.69 bits per heavy atom. The summed E-state index contributed by atoms with van der Waals surface area (Å²) in [5.41, 5.74) is 2.39. The molecule has 2 aromatic carbocycles. The SMILES string of the molecule is CC(C)c1ccc(OCCNc2ccc(OCC3CCCO3)cc2)cc1. The molecule has 0 bridgehead atoms. The van der Waals surface area contributed by atoms with Crippen LogP contribution in [0.25, 0.3) is 0 Å². The van der Waals surface area contributed by atoms with Crippen molar-refractivity contribution in [2.45, 2.75) is 38.7 Å². The van der Waals surface area contributed by atoms with Crippen molar-refractivity contribution in [3.8, 4) is 11.5 Å². The van der Waals surface area contributed by atoms with Gasteiger partial charge in [0.1, 0.15) is 24.7 Å². The number of benzene rings is 2. The van der Waals surface area contributed by atoms with Gasteiger partial charge in [-0.25, -0.2) is 0 Å². The van der Waals surface area contributed by atoms with Crippen molar-refractivity contribution < 1.29 is 14.2 Å². The van der Waals surface area contributed by atoms with Crippen LogP contribution in [0.3, 0.4) is 0 Å².